The number of esters is 1. The third-order valence-electron chi connectivity index (χ3n) is 1.34. The zero-order chi connectivity index (χ0) is 8.81. The topological polar surface area (TPSA) is 31.2 Å². The number of carbonyl (C=O) groups is 1. The summed E-state index contributed by atoms with van der Waals surface area (Å²) in [5, 5.41) is 0. The van der Waals surface area contributed by atoms with Crippen molar-refractivity contribution in [2.24, 2.45) is 0 Å². The number of ether oxygens (including phenoxy) is 1. The summed E-state index contributed by atoms with van der Waals surface area (Å²) in [5.41, 5.74) is 0. The van der Waals surface area contributed by atoms with Gasteiger partial charge in [-0.1, -0.05) is 12.7 Å². The standard InChI is InChI=1S/C9H11NO2/c1-2-7-12-9(11)8-10-5-3-4-6-10/h2-6H,1,7-8H2. The van der Waals surface area contributed by atoms with Gasteiger partial charge in [-0.15, -0.1) is 0 Å². The van der Waals surface area contributed by atoms with Gasteiger partial charge >= 0.3 is 5.97 Å². The molecule has 12 heavy (non-hydrogen) atoms. The maximum Gasteiger partial charge on any atom is 0.326 e. The number of hydrogen-bond acceptors (Lipinski definition) is 2. The lowest BCUT2D eigenvalue weighted by atomic mass is 10.6. The molecule has 1 heterocycles. The normalized spacial score (nSPS) is 9.33. The maximum absolute atomic E-state index is 11.0. The molecule has 0 atom stereocenters. The first-order valence-electron chi connectivity index (χ1n) is 3.70. The smallest absolute Gasteiger partial charge is 0.326 e. The van der Waals surface area contributed by atoms with E-state index in [4.69, 9.17) is 4.74 Å². The molecule has 0 N–H and O–H groups in total. The molecule has 0 aromatic carbocycles. The number of aromatic nitrogens is 1. The van der Waals surface area contributed by atoms with Gasteiger partial charge in [-0.2, -0.15) is 0 Å². The van der Waals surface area contributed by atoms with Crippen LogP contribution in [0.4, 0.5) is 0 Å². The zero-order valence-corrected chi connectivity index (χ0v) is 6.77. The maximum atomic E-state index is 11.0. The second kappa shape index (κ2) is 4.38. The monoisotopic (exact) mass is 165 g/mol. The summed E-state index contributed by atoms with van der Waals surface area (Å²) in [6.45, 7) is 3.99. The molecular weight excluding hydrogens is 154 g/mol. The van der Waals surface area contributed by atoms with Gasteiger partial charge in [0.25, 0.3) is 0 Å². The predicted molar refractivity (Wildman–Crippen MR) is 45.6 cm³/mol. The minimum absolute atomic E-state index is 0.244. The van der Waals surface area contributed by atoms with E-state index in [1.807, 2.05) is 24.5 Å². The van der Waals surface area contributed by atoms with Crippen LogP contribution in [0.15, 0.2) is 37.2 Å². The Morgan fingerprint density at radius 2 is 2.17 bits per heavy atom. The Morgan fingerprint density at radius 3 is 2.75 bits per heavy atom. The summed E-state index contributed by atoms with van der Waals surface area (Å²) in [6, 6.07) is 3.72. The van der Waals surface area contributed by atoms with Crippen LogP contribution in [0.5, 0.6) is 0 Å². The summed E-state index contributed by atoms with van der Waals surface area (Å²) in [4.78, 5) is 11.0. The number of nitrogens with zero attached hydrogens (tertiary/aromatic N) is 1. The summed E-state index contributed by atoms with van der Waals surface area (Å²) < 4.78 is 6.54. The SMILES string of the molecule is C=CCOC(=O)Cn1cccc1. The summed E-state index contributed by atoms with van der Waals surface area (Å²) in [5.74, 6) is -0.244. The van der Waals surface area contributed by atoms with Gasteiger partial charge in [0.15, 0.2) is 0 Å². The van der Waals surface area contributed by atoms with Gasteiger partial charge in [0.05, 0.1) is 0 Å². The average molecular weight is 165 g/mol. The Bertz CT molecular complexity index is 252. The molecule has 1 rings (SSSR count). The highest BCUT2D eigenvalue weighted by molar-refractivity contribution is 5.69. The van der Waals surface area contributed by atoms with Crippen LogP contribution in [0.3, 0.4) is 0 Å². The van der Waals surface area contributed by atoms with E-state index in [2.05, 4.69) is 6.58 Å². The van der Waals surface area contributed by atoms with E-state index in [9.17, 15) is 4.79 Å². The van der Waals surface area contributed by atoms with Crippen molar-refractivity contribution in [1.29, 1.82) is 0 Å². The van der Waals surface area contributed by atoms with Crippen LogP contribution in [0.1, 0.15) is 0 Å². The minimum atomic E-state index is -0.244. The highest BCUT2D eigenvalue weighted by Gasteiger charge is 2.00. The number of carbonyl (C=O) groups excluding carboxylic acids is 1. The van der Waals surface area contributed by atoms with Gasteiger partial charge in [0, 0.05) is 12.4 Å². The van der Waals surface area contributed by atoms with Crippen LogP contribution in [0.25, 0.3) is 0 Å². The summed E-state index contributed by atoms with van der Waals surface area (Å²) >= 11 is 0. The highest BCUT2D eigenvalue weighted by atomic mass is 16.5. The Morgan fingerprint density at radius 1 is 1.50 bits per heavy atom. The lowest BCUT2D eigenvalue weighted by molar-refractivity contribution is -0.143. The van der Waals surface area contributed by atoms with E-state index >= 15 is 0 Å². The molecule has 0 saturated heterocycles. The third-order valence-corrected chi connectivity index (χ3v) is 1.34. The number of hydrogen-bond donors (Lipinski definition) is 0. The van der Waals surface area contributed by atoms with Crippen molar-refractivity contribution in [3.8, 4) is 0 Å². The lowest BCUT2D eigenvalue weighted by Gasteiger charge is -2.01. The molecule has 0 amide bonds. The van der Waals surface area contributed by atoms with Crippen molar-refractivity contribution in [3.63, 3.8) is 0 Å². The van der Waals surface area contributed by atoms with Crippen molar-refractivity contribution in [2.45, 2.75) is 6.54 Å². The van der Waals surface area contributed by atoms with Crippen molar-refractivity contribution in [1.82, 2.24) is 4.57 Å². The molecule has 1 aromatic heterocycles. The van der Waals surface area contributed by atoms with Gasteiger partial charge in [-0.05, 0) is 12.1 Å². The van der Waals surface area contributed by atoms with E-state index in [-0.39, 0.29) is 19.1 Å². The second-order valence-corrected chi connectivity index (χ2v) is 2.33. The van der Waals surface area contributed by atoms with E-state index in [1.54, 1.807) is 10.6 Å². The molecule has 0 fully saturated rings. The van der Waals surface area contributed by atoms with Crippen LogP contribution in [0.2, 0.25) is 0 Å². The molecule has 0 radical (unpaired) electrons. The van der Waals surface area contributed by atoms with E-state index in [0.29, 0.717) is 0 Å². The Hall–Kier alpha value is -1.51. The van der Waals surface area contributed by atoms with Crippen LogP contribution in [-0.2, 0) is 16.1 Å². The van der Waals surface area contributed by atoms with Crippen molar-refractivity contribution in [3.05, 3.63) is 37.2 Å². The van der Waals surface area contributed by atoms with E-state index in [1.165, 1.54) is 0 Å². The second-order valence-electron chi connectivity index (χ2n) is 2.33. The molecule has 0 aliphatic rings. The fourth-order valence-corrected chi connectivity index (χ4v) is 0.822. The predicted octanol–water partition coefficient (Wildman–Crippen LogP) is 1.22. The van der Waals surface area contributed by atoms with Crippen LogP contribution in [0, 0.1) is 0 Å². The van der Waals surface area contributed by atoms with Crippen molar-refractivity contribution >= 4 is 5.97 Å². The first-order valence-corrected chi connectivity index (χ1v) is 3.70. The fourth-order valence-electron chi connectivity index (χ4n) is 0.822. The van der Waals surface area contributed by atoms with Gasteiger partial charge < -0.3 is 9.30 Å². The molecule has 0 aliphatic carbocycles. The summed E-state index contributed by atoms with van der Waals surface area (Å²) in [7, 11) is 0. The summed E-state index contributed by atoms with van der Waals surface area (Å²) in [6.07, 6.45) is 5.18. The largest absolute Gasteiger partial charge is 0.460 e. The minimum Gasteiger partial charge on any atom is -0.460 e. The average Bonchev–Trinajstić information content (AvgIpc) is 2.53. The van der Waals surface area contributed by atoms with E-state index in [0.717, 1.165) is 0 Å². The molecule has 64 valence electrons. The van der Waals surface area contributed by atoms with Crippen LogP contribution < -0.4 is 0 Å². The Kier molecular flexibility index (Phi) is 3.14. The third kappa shape index (κ3) is 2.62. The lowest BCUT2D eigenvalue weighted by Crippen LogP contribution is -2.11. The molecule has 0 saturated carbocycles. The van der Waals surface area contributed by atoms with Crippen LogP contribution in [-0.4, -0.2) is 17.1 Å². The molecule has 0 unspecified atom stereocenters. The molecule has 0 bridgehead atoms. The zero-order valence-electron chi connectivity index (χ0n) is 6.77. The molecule has 0 spiro atoms. The van der Waals surface area contributed by atoms with Gasteiger partial charge in [-0.3, -0.25) is 4.79 Å². The quantitative estimate of drug-likeness (QED) is 0.496. The number of rotatable bonds is 4. The van der Waals surface area contributed by atoms with E-state index < -0.39 is 0 Å². The van der Waals surface area contributed by atoms with Crippen molar-refractivity contribution < 1.29 is 9.53 Å². The van der Waals surface area contributed by atoms with Crippen LogP contribution >= 0.6 is 0 Å². The Labute approximate surface area is 71.3 Å². The Balaban J connectivity index is 2.32. The van der Waals surface area contributed by atoms with Gasteiger partial charge in [0.2, 0.25) is 0 Å². The molecular formula is C9H11NO2. The van der Waals surface area contributed by atoms with Crippen molar-refractivity contribution in [2.75, 3.05) is 6.61 Å². The highest BCUT2D eigenvalue weighted by Crippen LogP contribution is 1.91. The fraction of sp³-hybridized carbons (Fsp3) is 0.222. The van der Waals surface area contributed by atoms with Gasteiger partial charge in [0.1, 0.15) is 13.2 Å². The molecule has 3 nitrogen and oxygen atoms in total. The molecule has 1 aromatic rings. The first-order chi connectivity index (χ1) is 5.83. The molecule has 3 heteroatoms. The first kappa shape index (κ1) is 8.59. The molecule has 0 aliphatic heterocycles. The van der Waals surface area contributed by atoms with Gasteiger partial charge in [-0.25, -0.2) is 0 Å².